The second-order valence-corrected chi connectivity index (χ2v) is 6.19. The van der Waals surface area contributed by atoms with Crippen LogP contribution in [-0.4, -0.2) is 44.6 Å². The summed E-state index contributed by atoms with van der Waals surface area (Å²) in [5.41, 5.74) is 1.36. The Hall–Kier alpha value is -2.32. The number of nitrogens with one attached hydrogen (secondary N) is 1. The maximum absolute atomic E-state index is 13.9. The van der Waals surface area contributed by atoms with Gasteiger partial charge in [-0.25, -0.2) is 4.39 Å². The van der Waals surface area contributed by atoms with Gasteiger partial charge in [-0.05, 0) is 35.9 Å². The minimum Gasteiger partial charge on any atom is -0.496 e. The minimum absolute atomic E-state index is 0.295. The molecule has 1 N–H and O–H groups in total. The molecule has 0 radical (unpaired) electrons. The van der Waals surface area contributed by atoms with Crippen molar-refractivity contribution in [2.75, 3.05) is 33.3 Å². The van der Waals surface area contributed by atoms with E-state index in [-0.39, 0.29) is 11.8 Å². The van der Waals surface area contributed by atoms with Crippen LogP contribution in [0.1, 0.15) is 17.2 Å². The summed E-state index contributed by atoms with van der Waals surface area (Å²) in [6.45, 7) is 2.96. The van der Waals surface area contributed by atoms with E-state index < -0.39 is 12.2 Å². The van der Waals surface area contributed by atoms with Gasteiger partial charge >= 0.3 is 6.36 Å². The van der Waals surface area contributed by atoms with E-state index in [4.69, 9.17) is 4.74 Å². The Balaban J connectivity index is 1.99. The average Bonchev–Trinajstić information content (AvgIpc) is 2.63. The van der Waals surface area contributed by atoms with Gasteiger partial charge in [0.1, 0.15) is 17.3 Å². The molecule has 1 atom stereocenters. The van der Waals surface area contributed by atoms with Gasteiger partial charge in [0.2, 0.25) is 0 Å². The number of ether oxygens (including phenoxy) is 2. The number of hydrogen-bond donors (Lipinski definition) is 1. The van der Waals surface area contributed by atoms with Crippen LogP contribution in [0.2, 0.25) is 0 Å². The van der Waals surface area contributed by atoms with E-state index >= 15 is 0 Å². The Labute approximate surface area is 154 Å². The van der Waals surface area contributed by atoms with E-state index in [9.17, 15) is 17.6 Å². The molecule has 1 aliphatic rings. The molecule has 146 valence electrons. The number of alkyl halides is 3. The molecule has 0 saturated carbocycles. The first kappa shape index (κ1) is 19.4. The fraction of sp³-hybridized carbons (Fsp3) is 0.368. The fourth-order valence-electron chi connectivity index (χ4n) is 3.30. The van der Waals surface area contributed by atoms with Crippen LogP contribution in [-0.2, 0) is 0 Å². The third-order valence-electron chi connectivity index (χ3n) is 4.43. The quantitative estimate of drug-likeness (QED) is 0.797. The molecule has 1 heterocycles. The Kier molecular flexibility index (Phi) is 5.86. The molecule has 3 rings (SSSR count). The van der Waals surface area contributed by atoms with E-state index in [1.54, 1.807) is 18.2 Å². The van der Waals surface area contributed by atoms with Crippen LogP contribution in [0.15, 0.2) is 42.5 Å². The van der Waals surface area contributed by atoms with Gasteiger partial charge in [0.25, 0.3) is 0 Å². The van der Waals surface area contributed by atoms with Crippen molar-refractivity contribution in [1.29, 1.82) is 0 Å². The molecule has 2 aromatic carbocycles. The van der Waals surface area contributed by atoms with Gasteiger partial charge in [-0.1, -0.05) is 12.1 Å². The molecule has 27 heavy (non-hydrogen) atoms. The largest absolute Gasteiger partial charge is 0.573 e. The van der Waals surface area contributed by atoms with Crippen molar-refractivity contribution < 1.29 is 27.0 Å². The van der Waals surface area contributed by atoms with E-state index in [2.05, 4.69) is 15.0 Å². The summed E-state index contributed by atoms with van der Waals surface area (Å²) in [5.74, 6) is -0.171. The summed E-state index contributed by atoms with van der Waals surface area (Å²) < 4.78 is 60.5. The van der Waals surface area contributed by atoms with Crippen LogP contribution in [0.3, 0.4) is 0 Å². The molecule has 2 aromatic rings. The summed E-state index contributed by atoms with van der Waals surface area (Å²) in [6, 6.07) is 9.60. The molecule has 0 spiro atoms. The molecule has 8 heteroatoms. The predicted molar refractivity (Wildman–Crippen MR) is 92.4 cm³/mol. The van der Waals surface area contributed by atoms with Gasteiger partial charge < -0.3 is 14.8 Å². The highest BCUT2D eigenvalue weighted by Gasteiger charge is 2.31. The van der Waals surface area contributed by atoms with Crippen molar-refractivity contribution in [1.82, 2.24) is 10.2 Å². The van der Waals surface area contributed by atoms with Crippen LogP contribution < -0.4 is 14.8 Å². The zero-order chi connectivity index (χ0) is 19.4. The lowest BCUT2D eigenvalue weighted by atomic mass is 9.95. The average molecular weight is 384 g/mol. The molecule has 0 aromatic heterocycles. The summed E-state index contributed by atoms with van der Waals surface area (Å²) in [5, 5.41) is 3.26. The predicted octanol–water partition coefficient (Wildman–Crippen LogP) is 3.73. The lowest BCUT2D eigenvalue weighted by Gasteiger charge is -2.36. The van der Waals surface area contributed by atoms with Gasteiger partial charge in [-0.2, -0.15) is 0 Å². The highest BCUT2D eigenvalue weighted by atomic mass is 19.4. The van der Waals surface area contributed by atoms with Crippen molar-refractivity contribution in [2.24, 2.45) is 0 Å². The van der Waals surface area contributed by atoms with E-state index in [1.165, 1.54) is 31.4 Å². The normalized spacial score (nSPS) is 16.8. The first-order valence-corrected chi connectivity index (χ1v) is 8.51. The highest BCUT2D eigenvalue weighted by molar-refractivity contribution is 5.43. The molecule has 4 nitrogen and oxygen atoms in total. The summed E-state index contributed by atoms with van der Waals surface area (Å²) in [4.78, 5) is 2.15. The van der Waals surface area contributed by atoms with Gasteiger partial charge in [-0.3, -0.25) is 4.90 Å². The van der Waals surface area contributed by atoms with Gasteiger partial charge in [0.15, 0.2) is 0 Å². The van der Waals surface area contributed by atoms with Crippen molar-refractivity contribution in [3.8, 4) is 11.5 Å². The van der Waals surface area contributed by atoms with Crippen molar-refractivity contribution in [3.05, 3.63) is 59.4 Å². The molecule has 1 aliphatic heterocycles. The maximum atomic E-state index is 13.9. The second kappa shape index (κ2) is 8.14. The van der Waals surface area contributed by atoms with Crippen LogP contribution in [0, 0.1) is 5.82 Å². The summed E-state index contributed by atoms with van der Waals surface area (Å²) >= 11 is 0. The van der Waals surface area contributed by atoms with Gasteiger partial charge in [-0.15, -0.1) is 13.2 Å². The minimum atomic E-state index is -4.74. The topological polar surface area (TPSA) is 33.7 Å². The number of piperazine rings is 1. The molecular weight excluding hydrogens is 364 g/mol. The fourth-order valence-corrected chi connectivity index (χ4v) is 3.30. The molecule has 0 unspecified atom stereocenters. The number of rotatable bonds is 5. The molecule has 1 fully saturated rings. The third-order valence-corrected chi connectivity index (χ3v) is 4.43. The number of benzene rings is 2. The lowest BCUT2D eigenvalue weighted by molar-refractivity contribution is -0.274. The zero-order valence-electron chi connectivity index (χ0n) is 14.7. The van der Waals surface area contributed by atoms with Crippen molar-refractivity contribution >= 4 is 0 Å². The number of hydrogen-bond acceptors (Lipinski definition) is 4. The van der Waals surface area contributed by atoms with E-state index in [0.29, 0.717) is 24.4 Å². The molecule has 1 saturated heterocycles. The van der Waals surface area contributed by atoms with Crippen molar-refractivity contribution in [3.63, 3.8) is 0 Å². The maximum Gasteiger partial charge on any atom is 0.573 e. The zero-order valence-corrected chi connectivity index (χ0v) is 14.7. The van der Waals surface area contributed by atoms with Crippen LogP contribution in [0.4, 0.5) is 17.6 Å². The molecule has 0 amide bonds. The monoisotopic (exact) mass is 384 g/mol. The van der Waals surface area contributed by atoms with E-state index in [0.717, 1.165) is 18.7 Å². The Morgan fingerprint density at radius 1 is 1.04 bits per heavy atom. The molecule has 0 bridgehead atoms. The van der Waals surface area contributed by atoms with Gasteiger partial charge in [0, 0.05) is 31.7 Å². The lowest BCUT2D eigenvalue weighted by Crippen LogP contribution is -2.45. The summed E-state index contributed by atoms with van der Waals surface area (Å²) in [7, 11) is 1.51. The Bertz CT molecular complexity index is 759. The van der Waals surface area contributed by atoms with Crippen LogP contribution >= 0.6 is 0 Å². The van der Waals surface area contributed by atoms with Crippen LogP contribution in [0.5, 0.6) is 11.5 Å². The number of halogens is 4. The highest BCUT2D eigenvalue weighted by Crippen LogP contribution is 2.36. The first-order chi connectivity index (χ1) is 12.9. The smallest absolute Gasteiger partial charge is 0.496 e. The van der Waals surface area contributed by atoms with Crippen LogP contribution in [0.25, 0.3) is 0 Å². The standard InChI is InChI=1S/C19H20F4N2O2/c1-26-17-7-4-14(20)12-16(17)18(25-10-8-24-9-11-25)13-2-5-15(6-3-13)27-19(21,22)23/h2-7,12,18,24H,8-11H2,1H3/t18-/m0/s1. The first-order valence-electron chi connectivity index (χ1n) is 8.51. The van der Waals surface area contributed by atoms with Crippen molar-refractivity contribution in [2.45, 2.75) is 12.4 Å². The van der Waals surface area contributed by atoms with Gasteiger partial charge in [0.05, 0.1) is 13.2 Å². The number of nitrogens with zero attached hydrogens (tertiary/aromatic N) is 1. The Morgan fingerprint density at radius 3 is 2.30 bits per heavy atom. The molecular formula is C19H20F4N2O2. The second-order valence-electron chi connectivity index (χ2n) is 6.19. The summed E-state index contributed by atoms with van der Waals surface area (Å²) in [6.07, 6.45) is -4.74. The third kappa shape index (κ3) is 4.90. The SMILES string of the molecule is COc1ccc(F)cc1[C@H](c1ccc(OC(F)(F)F)cc1)N1CCNCC1. The Morgan fingerprint density at radius 2 is 1.70 bits per heavy atom. The molecule has 0 aliphatic carbocycles. The number of methoxy groups -OCH3 is 1. The van der Waals surface area contributed by atoms with E-state index in [1.807, 2.05) is 0 Å².